The maximum atomic E-state index is 5.45. The predicted octanol–water partition coefficient (Wildman–Crippen LogP) is 3.28. The Morgan fingerprint density at radius 2 is 1.88 bits per heavy atom. The largest absolute Gasteiger partial charge is 0.496 e. The Kier molecular flexibility index (Phi) is 4.29. The molecule has 1 heterocycles. The van der Waals surface area contributed by atoms with Crippen LogP contribution in [0.25, 0.3) is 0 Å². The number of hydrogen-bond acceptors (Lipinski definition) is 3. The number of ether oxygens (including phenoxy) is 2. The fourth-order valence-corrected chi connectivity index (χ4v) is 3.08. The molecule has 1 aromatic carbocycles. The fraction of sp³-hybridized carbons (Fsp3) is 0.538. The van der Waals surface area contributed by atoms with Gasteiger partial charge in [0.15, 0.2) is 0 Å². The third-order valence-electron chi connectivity index (χ3n) is 3.20. The number of rotatable bonds is 3. The van der Waals surface area contributed by atoms with Crippen LogP contribution in [0.2, 0.25) is 0 Å². The average Bonchev–Trinajstić information content (AvgIpc) is 2.39. The average molecular weight is 300 g/mol. The lowest BCUT2D eigenvalue weighted by molar-refractivity contribution is 0.365. The number of methoxy groups -OCH3 is 2. The zero-order valence-corrected chi connectivity index (χ0v) is 11.8. The molecular weight excluding hydrogens is 282 g/mol. The Morgan fingerprint density at radius 1 is 1.18 bits per heavy atom. The normalized spacial score (nSPS) is 20.1. The number of halogens is 1. The second-order valence-electron chi connectivity index (χ2n) is 4.20. The van der Waals surface area contributed by atoms with Gasteiger partial charge in [0.25, 0.3) is 0 Å². The van der Waals surface area contributed by atoms with E-state index in [1.54, 1.807) is 14.2 Å². The van der Waals surface area contributed by atoms with Crippen molar-refractivity contribution in [1.29, 1.82) is 0 Å². The van der Waals surface area contributed by atoms with Crippen LogP contribution in [-0.2, 0) is 0 Å². The standard InChI is InChI=1S/C13H18BrNO2/c1-16-10-6-7-11(17-2)13(14)12(10)9-5-3-4-8-15-9/h6-7,9,15H,3-5,8H2,1-2H3. The summed E-state index contributed by atoms with van der Waals surface area (Å²) in [5, 5.41) is 3.54. The summed E-state index contributed by atoms with van der Waals surface area (Å²) >= 11 is 3.62. The number of hydrogen-bond donors (Lipinski definition) is 1. The molecular formula is C13H18BrNO2. The Morgan fingerprint density at radius 3 is 2.47 bits per heavy atom. The summed E-state index contributed by atoms with van der Waals surface area (Å²) in [5.41, 5.74) is 1.17. The van der Waals surface area contributed by atoms with Crippen LogP contribution in [0.4, 0.5) is 0 Å². The van der Waals surface area contributed by atoms with Crippen molar-refractivity contribution in [1.82, 2.24) is 5.32 Å². The summed E-state index contributed by atoms with van der Waals surface area (Å²) in [4.78, 5) is 0. The van der Waals surface area contributed by atoms with Crippen molar-refractivity contribution in [3.8, 4) is 11.5 Å². The number of nitrogens with one attached hydrogen (secondary N) is 1. The zero-order chi connectivity index (χ0) is 12.3. The molecule has 17 heavy (non-hydrogen) atoms. The van der Waals surface area contributed by atoms with Crippen molar-refractivity contribution >= 4 is 15.9 Å². The van der Waals surface area contributed by atoms with E-state index < -0.39 is 0 Å². The highest BCUT2D eigenvalue weighted by Crippen LogP contribution is 2.41. The van der Waals surface area contributed by atoms with E-state index in [1.165, 1.54) is 18.4 Å². The van der Waals surface area contributed by atoms with Crippen LogP contribution in [0.1, 0.15) is 30.9 Å². The first-order valence-corrected chi connectivity index (χ1v) is 6.71. The van der Waals surface area contributed by atoms with Gasteiger partial charge in [0, 0.05) is 11.6 Å². The van der Waals surface area contributed by atoms with Crippen molar-refractivity contribution in [2.75, 3.05) is 20.8 Å². The molecule has 0 bridgehead atoms. The molecule has 1 aromatic rings. The van der Waals surface area contributed by atoms with E-state index in [9.17, 15) is 0 Å². The van der Waals surface area contributed by atoms with Gasteiger partial charge in [-0.25, -0.2) is 0 Å². The molecule has 2 rings (SSSR count). The van der Waals surface area contributed by atoms with Gasteiger partial charge in [-0.1, -0.05) is 6.42 Å². The van der Waals surface area contributed by atoms with Crippen LogP contribution >= 0.6 is 15.9 Å². The third kappa shape index (κ3) is 2.58. The van der Waals surface area contributed by atoms with E-state index in [4.69, 9.17) is 9.47 Å². The molecule has 1 saturated heterocycles. The molecule has 3 nitrogen and oxygen atoms in total. The quantitative estimate of drug-likeness (QED) is 0.929. The minimum atomic E-state index is 0.350. The summed E-state index contributed by atoms with van der Waals surface area (Å²) in [6.45, 7) is 1.07. The topological polar surface area (TPSA) is 30.5 Å². The highest BCUT2D eigenvalue weighted by Gasteiger charge is 2.23. The van der Waals surface area contributed by atoms with Crippen LogP contribution in [0.15, 0.2) is 16.6 Å². The van der Waals surface area contributed by atoms with Gasteiger partial charge in [-0.2, -0.15) is 0 Å². The second-order valence-corrected chi connectivity index (χ2v) is 4.99. The van der Waals surface area contributed by atoms with Gasteiger partial charge < -0.3 is 14.8 Å². The molecule has 0 aromatic heterocycles. The third-order valence-corrected chi connectivity index (χ3v) is 4.02. The van der Waals surface area contributed by atoms with E-state index >= 15 is 0 Å². The molecule has 0 spiro atoms. The van der Waals surface area contributed by atoms with Gasteiger partial charge in [0.1, 0.15) is 11.5 Å². The van der Waals surface area contributed by atoms with Crippen LogP contribution in [0.5, 0.6) is 11.5 Å². The summed E-state index contributed by atoms with van der Waals surface area (Å²) in [7, 11) is 3.39. The number of piperidine rings is 1. The van der Waals surface area contributed by atoms with E-state index in [2.05, 4.69) is 21.2 Å². The first-order chi connectivity index (χ1) is 8.27. The van der Waals surface area contributed by atoms with Crippen molar-refractivity contribution in [3.05, 3.63) is 22.2 Å². The van der Waals surface area contributed by atoms with E-state index in [0.717, 1.165) is 28.9 Å². The highest BCUT2D eigenvalue weighted by atomic mass is 79.9. The molecule has 1 aliphatic heterocycles. The number of benzene rings is 1. The monoisotopic (exact) mass is 299 g/mol. The summed E-state index contributed by atoms with van der Waals surface area (Å²) in [6.07, 6.45) is 3.65. The smallest absolute Gasteiger partial charge is 0.133 e. The molecule has 0 radical (unpaired) electrons. The summed E-state index contributed by atoms with van der Waals surface area (Å²) in [5.74, 6) is 1.77. The van der Waals surface area contributed by atoms with Crippen molar-refractivity contribution < 1.29 is 9.47 Å². The minimum absolute atomic E-state index is 0.350. The molecule has 94 valence electrons. The van der Waals surface area contributed by atoms with Crippen molar-refractivity contribution in [3.63, 3.8) is 0 Å². The van der Waals surface area contributed by atoms with Crippen LogP contribution in [0, 0.1) is 0 Å². The van der Waals surface area contributed by atoms with Crippen LogP contribution in [-0.4, -0.2) is 20.8 Å². The van der Waals surface area contributed by atoms with Crippen LogP contribution < -0.4 is 14.8 Å². The Balaban J connectivity index is 2.40. The lowest BCUT2D eigenvalue weighted by atomic mass is 9.96. The van der Waals surface area contributed by atoms with Gasteiger partial charge in [-0.15, -0.1) is 0 Å². The highest BCUT2D eigenvalue weighted by molar-refractivity contribution is 9.10. The summed E-state index contributed by atoms with van der Waals surface area (Å²) < 4.78 is 11.8. The molecule has 4 heteroatoms. The summed E-state index contributed by atoms with van der Waals surface area (Å²) in [6, 6.07) is 4.24. The molecule has 1 atom stereocenters. The maximum absolute atomic E-state index is 5.45. The Bertz CT molecular complexity index is 389. The molecule has 1 unspecified atom stereocenters. The SMILES string of the molecule is COc1ccc(OC)c(C2CCCCN2)c1Br. The van der Waals surface area contributed by atoms with Crippen molar-refractivity contribution in [2.45, 2.75) is 25.3 Å². The van der Waals surface area contributed by atoms with Gasteiger partial charge in [0.05, 0.1) is 18.7 Å². The van der Waals surface area contributed by atoms with Gasteiger partial charge >= 0.3 is 0 Å². The Labute approximate surface area is 111 Å². The molecule has 1 N–H and O–H groups in total. The minimum Gasteiger partial charge on any atom is -0.496 e. The first-order valence-electron chi connectivity index (χ1n) is 5.91. The van der Waals surface area contributed by atoms with Crippen LogP contribution in [0.3, 0.4) is 0 Å². The van der Waals surface area contributed by atoms with Gasteiger partial charge in [-0.3, -0.25) is 0 Å². The lowest BCUT2D eigenvalue weighted by Crippen LogP contribution is -2.27. The van der Waals surface area contributed by atoms with Gasteiger partial charge in [-0.05, 0) is 47.4 Å². The zero-order valence-electron chi connectivity index (χ0n) is 10.3. The second kappa shape index (κ2) is 5.74. The first kappa shape index (κ1) is 12.7. The molecule has 0 saturated carbocycles. The van der Waals surface area contributed by atoms with Crippen molar-refractivity contribution in [2.24, 2.45) is 0 Å². The molecule has 0 aliphatic carbocycles. The predicted molar refractivity (Wildman–Crippen MR) is 71.8 cm³/mol. The Hall–Kier alpha value is -0.740. The molecule has 1 fully saturated rings. The van der Waals surface area contributed by atoms with E-state index in [1.807, 2.05) is 12.1 Å². The maximum Gasteiger partial charge on any atom is 0.133 e. The lowest BCUT2D eigenvalue weighted by Gasteiger charge is -2.27. The van der Waals surface area contributed by atoms with Gasteiger partial charge in [0.2, 0.25) is 0 Å². The fourth-order valence-electron chi connectivity index (χ4n) is 2.31. The molecule has 0 amide bonds. The molecule has 1 aliphatic rings. The van der Waals surface area contributed by atoms with E-state index in [-0.39, 0.29) is 0 Å². The van der Waals surface area contributed by atoms with E-state index in [0.29, 0.717) is 6.04 Å².